The minimum Gasteiger partial charge on any atom is -0.482 e. The number of aromatic nitrogens is 1. The monoisotopic (exact) mass is 456 g/mol. The number of nitrogens with zero attached hydrogens (tertiary/aromatic N) is 1. The van der Waals surface area contributed by atoms with Crippen molar-refractivity contribution in [2.75, 3.05) is 6.61 Å². The van der Waals surface area contributed by atoms with Gasteiger partial charge in [0.2, 0.25) is 0 Å². The van der Waals surface area contributed by atoms with E-state index in [1.54, 1.807) is 12.4 Å². The Morgan fingerprint density at radius 1 is 1.06 bits per heavy atom. The van der Waals surface area contributed by atoms with Crippen LogP contribution in [0.1, 0.15) is 48.1 Å². The number of hydroxylamine groups is 1. The van der Waals surface area contributed by atoms with Gasteiger partial charge in [0, 0.05) is 23.7 Å². The number of ether oxygens (including phenoxy) is 1. The highest BCUT2D eigenvalue weighted by molar-refractivity contribution is 5.69. The van der Waals surface area contributed by atoms with E-state index in [-0.39, 0.29) is 12.7 Å². The highest BCUT2D eigenvalue weighted by Gasteiger charge is 2.16. The summed E-state index contributed by atoms with van der Waals surface area (Å²) in [7, 11) is 0. The molecular formula is C28H28N2O4. The average Bonchev–Trinajstić information content (AvgIpc) is 2.87. The van der Waals surface area contributed by atoms with Gasteiger partial charge in [-0.05, 0) is 61.1 Å². The highest BCUT2D eigenvalue weighted by atomic mass is 16.7. The molecule has 1 aliphatic rings. The van der Waals surface area contributed by atoms with Crippen molar-refractivity contribution in [3.05, 3.63) is 113 Å². The summed E-state index contributed by atoms with van der Waals surface area (Å²) >= 11 is 0. The van der Waals surface area contributed by atoms with Crippen LogP contribution in [0.15, 0.2) is 90.4 Å². The van der Waals surface area contributed by atoms with Crippen molar-refractivity contribution in [1.29, 1.82) is 0 Å². The number of rotatable bonds is 10. The Morgan fingerprint density at radius 2 is 1.82 bits per heavy atom. The number of carbonyl (C=O) groups is 1. The maximum atomic E-state index is 10.8. The van der Waals surface area contributed by atoms with Gasteiger partial charge in [-0.1, -0.05) is 60.2 Å². The van der Waals surface area contributed by atoms with E-state index in [9.17, 15) is 4.79 Å². The number of nitrogens with one attached hydrogen (secondary N) is 1. The molecule has 6 nitrogen and oxygen atoms in total. The summed E-state index contributed by atoms with van der Waals surface area (Å²) in [6.07, 6.45) is 10.1. The number of hydrogen-bond donors (Lipinski definition) is 2. The van der Waals surface area contributed by atoms with Crippen LogP contribution in [0, 0.1) is 0 Å². The third kappa shape index (κ3) is 6.11. The molecule has 2 N–H and O–H groups in total. The molecule has 34 heavy (non-hydrogen) atoms. The van der Waals surface area contributed by atoms with Crippen molar-refractivity contribution in [3.63, 3.8) is 0 Å². The third-order valence-electron chi connectivity index (χ3n) is 5.70. The second kappa shape index (κ2) is 11.3. The maximum absolute atomic E-state index is 10.8. The Morgan fingerprint density at radius 3 is 2.59 bits per heavy atom. The molecular weight excluding hydrogens is 428 g/mol. The Bertz CT molecular complexity index is 1130. The van der Waals surface area contributed by atoms with Gasteiger partial charge in [-0.15, -0.1) is 0 Å². The molecule has 0 saturated carbocycles. The van der Waals surface area contributed by atoms with E-state index in [0.29, 0.717) is 5.75 Å². The fourth-order valence-electron chi connectivity index (χ4n) is 3.97. The Kier molecular flexibility index (Phi) is 7.73. The lowest BCUT2D eigenvalue weighted by atomic mass is 9.90. The topological polar surface area (TPSA) is 80.7 Å². The Hall–Kier alpha value is -3.90. The smallest absolute Gasteiger partial charge is 0.341 e. The molecule has 1 aliphatic carbocycles. The van der Waals surface area contributed by atoms with Gasteiger partial charge in [0.05, 0.1) is 0 Å². The molecule has 0 spiro atoms. The van der Waals surface area contributed by atoms with Crippen molar-refractivity contribution in [2.24, 2.45) is 0 Å². The first kappa shape index (κ1) is 23.3. The van der Waals surface area contributed by atoms with Gasteiger partial charge in [-0.2, -0.15) is 0 Å². The van der Waals surface area contributed by atoms with E-state index < -0.39 is 5.97 Å². The normalized spacial score (nSPS) is 14.0. The van der Waals surface area contributed by atoms with Gasteiger partial charge in [-0.25, -0.2) is 4.79 Å². The second-order valence-electron chi connectivity index (χ2n) is 8.19. The molecule has 0 aliphatic heterocycles. The number of fused-ring (bicyclic) bond motifs is 1. The molecule has 1 atom stereocenters. The second-order valence-corrected chi connectivity index (χ2v) is 8.19. The summed E-state index contributed by atoms with van der Waals surface area (Å²) in [5.74, 6) is -0.321. The van der Waals surface area contributed by atoms with E-state index in [1.165, 1.54) is 5.57 Å². The van der Waals surface area contributed by atoms with Gasteiger partial charge in [0.1, 0.15) is 11.9 Å². The first-order valence-corrected chi connectivity index (χ1v) is 11.3. The van der Waals surface area contributed by atoms with Crippen LogP contribution < -0.4 is 10.2 Å². The molecule has 0 saturated heterocycles. The standard InChI is InChI=1S/C28H28N2O4/c1-20(30-34-28(22-6-3-2-4-7-22)23-14-16-29-17-15-23)10-11-21-12-13-25-24(18-21)8-5-9-26(25)33-19-27(31)32/h2-10,14-18,28,30H,11-13,19H2,1H3,(H,31,32). The molecule has 1 unspecified atom stereocenters. The van der Waals surface area contributed by atoms with Crippen molar-refractivity contribution in [1.82, 2.24) is 10.5 Å². The molecule has 2 aromatic carbocycles. The van der Waals surface area contributed by atoms with Crippen LogP contribution >= 0.6 is 0 Å². The molecule has 3 aromatic rings. The van der Waals surface area contributed by atoms with E-state index in [0.717, 1.165) is 47.2 Å². The van der Waals surface area contributed by atoms with E-state index in [1.807, 2.05) is 67.6 Å². The lowest BCUT2D eigenvalue weighted by molar-refractivity contribution is -0.139. The lowest BCUT2D eigenvalue weighted by Crippen LogP contribution is -2.18. The summed E-state index contributed by atoms with van der Waals surface area (Å²) in [5.41, 5.74) is 9.58. The van der Waals surface area contributed by atoms with Crippen molar-refractivity contribution in [2.45, 2.75) is 32.3 Å². The van der Waals surface area contributed by atoms with Crippen LogP contribution in [-0.2, 0) is 16.1 Å². The molecule has 1 heterocycles. The number of hydrogen-bond acceptors (Lipinski definition) is 5. The number of carboxylic acid groups (broad SMARTS) is 1. The van der Waals surface area contributed by atoms with Gasteiger partial charge >= 0.3 is 5.97 Å². The molecule has 0 radical (unpaired) electrons. The SMILES string of the molecule is CC(=CCC1=Cc2cccc(OCC(=O)O)c2CC1)NOC(c1ccccc1)c1ccncc1. The lowest BCUT2D eigenvalue weighted by Gasteiger charge is -2.20. The van der Waals surface area contributed by atoms with Crippen LogP contribution in [0.5, 0.6) is 5.75 Å². The number of aliphatic carboxylic acids is 1. The fraction of sp³-hybridized carbons (Fsp3) is 0.214. The zero-order chi connectivity index (χ0) is 23.8. The van der Waals surface area contributed by atoms with Crippen LogP contribution in [0.2, 0.25) is 0 Å². The number of carboxylic acids is 1. The summed E-state index contributed by atoms with van der Waals surface area (Å²) in [6, 6.07) is 19.8. The van der Waals surface area contributed by atoms with Gasteiger partial charge in [0.25, 0.3) is 0 Å². The number of pyridine rings is 1. The molecule has 0 fully saturated rings. The minimum atomic E-state index is -0.974. The average molecular weight is 457 g/mol. The quantitative estimate of drug-likeness (QED) is 0.393. The summed E-state index contributed by atoms with van der Waals surface area (Å²) in [4.78, 5) is 21.0. The Labute approximate surface area is 199 Å². The zero-order valence-corrected chi connectivity index (χ0v) is 19.1. The third-order valence-corrected chi connectivity index (χ3v) is 5.70. The molecule has 0 bridgehead atoms. The van der Waals surface area contributed by atoms with E-state index in [2.05, 4.69) is 22.6 Å². The molecule has 4 rings (SSSR count). The first-order valence-electron chi connectivity index (χ1n) is 11.3. The Balaban J connectivity index is 1.40. The predicted octanol–water partition coefficient (Wildman–Crippen LogP) is 5.48. The summed E-state index contributed by atoms with van der Waals surface area (Å²) in [6.45, 7) is 1.66. The summed E-state index contributed by atoms with van der Waals surface area (Å²) in [5, 5.41) is 8.89. The summed E-state index contributed by atoms with van der Waals surface area (Å²) < 4.78 is 5.46. The van der Waals surface area contributed by atoms with Crippen LogP contribution in [-0.4, -0.2) is 22.7 Å². The van der Waals surface area contributed by atoms with E-state index >= 15 is 0 Å². The maximum Gasteiger partial charge on any atom is 0.341 e. The predicted molar refractivity (Wildman–Crippen MR) is 131 cm³/mol. The largest absolute Gasteiger partial charge is 0.482 e. The zero-order valence-electron chi connectivity index (χ0n) is 19.1. The first-order chi connectivity index (χ1) is 16.6. The molecule has 1 aromatic heterocycles. The van der Waals surface area contributed by atoms with Crippen LogP contribution in [0.3, 0.4) is 0 Å². The minimum absolute atomic E-state index is 0.252. The van der Waals surface area contributed by atoms with Crippen LogP contribution in [0.25, 0.3) is 6.08 Å². The van der Waals surface area contributed by atoms with Gasteiger partial charge in [-0.3, -0.25) is 15.3 Å². The fourth-order valence-corrected chi connectivity index (χ4v) is 3.97. The number of benzene rings is 2. The van der Waals surface area contributed by atoms with Crippen LogP contribution in [0.4, 0.5) is 0 Å². The number of allylic oxidation sites excluding steroid dienone is 3. The van der Waals surface area contributed by atoms with Gasteiger partial charge < -0.3 is 9.84 Å². The van der Waals surface area contributed by atoms with Crippen molar-refractivity contribution >= 4 is 12.0 Å². The van der Waals surface area contributed by atoms with Crippen molar-refractivity contribution in [3.8, 4) is 5.75 Å². The highest BCUT2D eigenvalue weighted by Crippen LogP contribution is 2.32. The molecule has 6 heteroatoms. The molecule has 174 valence electrons. The molecule has 0 amide bonds. The van der Waals surface area contributed by atoms with Crippen molar-refractivity contribution < 1.29 is 19.5 Å². The van der Waals surface area contributed by atoms with Gasteiger partial charge in [0.15, 0.2) is 6.61 Å². The van der Waals surface area contributed by atoms with E-state index in [4.69, 9.17) is 14.7 Å².